The Hall–Kier alpha value is -1.19. The third-order valence-corrected chi connectivity index (χ3v) is 9.00. The van der Waals surface area contributed by atoms with Gasteiger partial charge in [0.1, 0.15) is 0 Å². The molecule has 7 nitrogen and oxygen atoms in total. The van der Waals surface area contributed by atoms with Crippen molar-refractivity contribution in [2.75, 3.05) is 24.2 Å². The fraction of sp³-hybridized carbons (Fsp3) is 0.800. The van der Waals surface area contributed by atoms with Crippen LogP contribution in [-0.4, -0.2) is 47.0 Å². The lowest BCUT2D eigenvalue weighted by Crippen LogP contribution is -2.51. The predicted molar refractivity (Wildman–Crippen MR) is 112 cm³/mol. The number of nitrogens with one attached hydrogen (secondary N) is 2. The van der Waals surface area contributed by atoms with Crippen LogP contribution >= 0.6 is 23.1 Å². The minimum absolute atomic E-state index is 0.0279. The molecule has 6 rings (SSSR count). The van der Waals surface area contributed by atoms with Crippen LogP contribution in [0.4, 0.5) is 5.13 Å². The topological polar surface area (TPSA) is 93.2 Å². The first kappa shape index (κ1) is 19.8. The zero-order valence-corrected chi connectivity index (χ0v) is 18.2. The number of hydrogen-bond acceptors (Lipinski definition) is 7. The van der Waals surface area contributed by atoms with Gasteiger partial charge in [-0.1, -0.05) is 23.1 Å². The molecule has 2 N–H and O–H groups in total. The standard InChI is InChI=1S/C20H28N4O3S2/c25-16(21-10-15-2-1-3-27-15)11-28-19-24-23-18(29-19)22-17(26)20-7-12-4-13(8-20)6-14(5-12)9-20/h12-15H,1-11H2,(H,21,25)(H,22,23,26). The van der Waals surface area contributed by atoms with Gasteiger partial charge in [-0.3, -0.25) is 9.59 Å². The Morgan fingerprint density at radius 2 is 1.86 bits per heavy atom. The first-order valence-corrected chi connectivity index (χ1v) is 12.5. The first-order chi connectivity index (χ1) is 14.1. The molecule has 9 heteroatoms. The highest BCUT2D eigenvalue weighted by atomic mass is 32.2. The summed E-state index contributed by atoms with van der Waals surface area (Å²) in [6, 6.07) is 0. The van der Waals surface area contributed by atoms with Gasteiger partial charge in [0.25, 0.3) is 0 Å². The quantitative estimate of drug-likeness (QED) is 0.504. The third-order valence-electron chi connectivity index (χ3n) is 7.02. The van der Waals surface area contributed by atoms with Crippen LogP contribution in [0.1, 0.15) is 51.4 Å². The van der Waals surface area contributed by atoms with Gasteiger partial charge in [0.15, 0.2) is 4.34 Å². The van der Waals surface area contributed by atoms with E-state index in [4.69, 9.17) is 4.74 Å². The molecule has 2 amide bonds. The number of nitrogens with zero attached hydrogens (tertiary/aromatic N) is 2. The van der Waals surface area contributed by atoms with E-state index >= 15 is 0 Å². The highest BCUT2D eigenvalue weighted by molar-refractivity contribution is 8.01. The molecule has 0 aromatic carbocycles. The molecule has 1 saturated heterocycles. The van der Waals surface area contributed by atoms with Crippen LogP contribution < -0.4 is 10.6 Å². The van der Waals surface area contributed by atoms with E-state index in [1.54, 1.807) is 0 Å². The molecule has 1 unspecified atom stereocenters. The van der Waals surface area contributed by atoms with Crippen molar-refractivity contribution in [2.45, 2.75) is 61.8 Å². The summed E-state index contributed by atoms with van der Waals surface area (Å²) in [7, 11) is 0. The summed E-state index contributed by atoms with van der Waals surface area (Å²) in [4.78, 5) is 25.1. The number of rotatable bonds is 7. The van der Waals surface area contributed by atoms with Gasteiger partial charge in [0.2, 0.25) is 16.9 Å². The maximum atomic E-state index is 13.1. The summed E-state index contributed by atoms with van der Waals surface area (Å²) in [5, 5.41) is 14.8. The minimum Gasteiger partial charge on any atom is -0.376 e. The SMILES string of the molecule is O=C(CSc1nnc(NC(=O)C23CC4CC(CC(C4)C2)C3)s1)NCC1CCCO1. The molecule has 2 heterocycles. The number of aromatic nitrogens is 2. The fourth-order valence-corrected chi connectivity index (χ4v) is 7.73. The molecular weight excluding hydrogens is 408 g/mol. The van der Waals surface area contributed by atoms with E-state index in [0.29, 0.717) is 21.8 Å². The van der Waals surface area contributed by atoms with Gasteiger partial charge >= 0.3 is 0 Å². The smallest absolute Gasteiger partial charge is 0.232 e. The normalized spacial score (nSPS) is 35.0. The monoisotopic (exact) mass is 436 g/mol. The number of amides is 2. The van der Waals surface area contributed by atoms with Gasteiger partial charge in [-0.2, -0.15) is 0 Å². The van der Waals surface area contributed by atoms with Crippen LogP contribution in [0.25, 0.3) is 0 Å². The molecule has 5 aliphatic rings. The number of ether oxygens (including phenoxy) is 1. The van der Waals surface area contributed by atoms with Crippen LogP contribution in [0, 0.1) is 23.2 Å². The van der Waals surface area contributed by atoms with E-state index in [-0.39, 0.29) is 23.3 Å². The van der Waals surface area contributed by atoms with Crippen molar-refractivity contribution in [3.63, 3.8) is 0 Å². The van der Waals surface area contributed by atoms with Crippen LogP contribution in [-0.2, 0) is 14.3 Å². The maximum absolute atomic E-state index is 13.1. The zero-order chi connectivity index (χ0) is 19.8. The van der Waals surface area contributed by atoms with E-state index < -0.39 is 0 Å². The molecule has 1 aromatic rings. The van der Waals surface area contributed by atoms with Gasteiger partial charge in [-0.15, -0.1) is 10.2 Å². The Morgan fingerprint density at radius 1 is 1.14 bits per heavy atom. The largest absolute Gasteiger partial charge is 0.376 e. The fourth-order valence-electron chi connectivity index (χ4n) is 6.15. The van der Waals surface area contributed by atoms with Crippen LogP contribution in [0.2, 0.25) is 0 Å². The van der Waals surface area contributed by atoms with Gasteiger partial charge in [-0.05, 0) is 69.1 Å². The van der Waals surface area contributed by atoms with E-state index in [9.17, 15) is 9.59 Å². The molecule has 1 aromatic heterocycles. The van der Waals surface area contributed by atoms with E-state index in [1.807, 2.05) is 0 Å². The van der Waals surface area contributed by atoms with Crippen LogP contribution in [0.3, 0.4) is 0 Å². The minimum atomic E-state index is -0.185. The molecule has 0 spiro atoms. The van der Waals surface area contributed by atoms with E-state index in [0.717, 1.165) is 56.5 Å². The molecule has 158 valence electrons. The zero-order valence-electron chi connectivity index (χ0n) is 16.5. The Morgan fingerprint density at radius 3 is 2.52 bits per heavy atom. The predicted octanol–water partition coefficient (Wildman–Crippen LogP) is 3.08. The van der Waals surface area contributed by atoms with E-state index in [1.165, 1.54) is 42.4 Å². The summed E-state index contributed by atoms with van der Waals surface area (Å²) >= 11 is 2.71. The molecule has 29 heavy (non-hydrogen) atoms. The van der Waals surface area contributed by atoms with Crippen molar-refractivity contribution in [1.29, 1.82) is 0 Å². The second-order valence-electron chi connectivity index (χ2n) is 9.25. The van der Waals surface area contributed by atoms with Crippen LogP contribution in [0.5, 0.6) is 0 Å². The molecule has 4 saturated carbocycles. The van der Waals surface area contributed by atoms with Crippen molar-refractivity contribution in [3.05, 3.63) is 0 Å². The molecule has 0 radical (unpaired) electrons. The lowest BCUT2D eigenvalue weighted by atomic mass is 9.49. The summed E-state index contributed by atoms with van der Waals surface area (Å²) in [6.45, 7) is 1.36. The average Bonchev–Trinajstić information content (AvgIpc) is 3.35. The van der Waals surface area contributed by atoms with Gasteiger partial charge in [0.05, 0.1) is 17.3 Å². The summed E-state index contributed by atoms with van der Waals surface area (Å²) in [6.07, 6.45) is 9.30. The Balaban J connectivity index is 1.11. The van der Waals surface area contributed by atoms with Crippen molar-refractivity contribution in [2.24, 2.45) is 23.2 Å². The van der Waals surface area contributed by atoms with Crippen molar-refractivity contribution in [1.82, 2.24) is 15.5 Å². The second-order valence-corrected chi connectivity index (χ2v) is 11.5. The van der Waals surface area contributed by atoms with Crippen molar-refractivity contribution >= 4 is 40.0 Å². The molecule has 4 bridgehead atoms. The molecule has 1 atom stereocenters. The summed E-state index contributed by atoms with van der Waals surface area (Å²) < 4.78 is 6.22. The Kier molecular flexibility index (Phi) is 5.55. The summed E-state index contributed by atoms with van der Waals surface area (Å²) in [5.74, 6) is 2.62. The average molecular weight is 437 g/mol. The maximum Gasteiger partial charge on any atom is 0.232 e. The van der Waals surface area contributed by atoms with Gasteiger partial charge < -0.3 is 15.4 Å². The van der Waals surface area contributed by atoms with Crippen LogP contribution in [0.15, 0.2) is 4.34 Å². The van der Waals surface area contributed by atoms with E-state index in [2.05, 4.69) is 20.8 Å². The third kappa shape index (κ3) is 4.32. The van der Waals surface area contributed by atoms with Crippen molar-refractivity contribution in [3.8, 4) is 0 Å². The Labute approximate surface area is 179 Å². The molecule has 4 aliphatic carbocycles. The number of hydrogen-bond donors (Lipinski definition) is 2. The Bertz CT molecular complexity index is 742. The first-order valence-electron chi connectivity index (χ1n) is 10.7. The molecule has 5 fully saturated rings. The highest BCUT2D eigenvalue weighted by Gasteiger charge is 2.54. The number of thioether (sulfide) groups is 1. The molecular formula is C20H28N4O3S2. The lowest BCUT2D eigenvalue weighted by Gasteiger charge is -2.55. The summed E-state index contributed by atoms with van der Waals surface area (Å²) in [5.41, 5.74) is -0.185. The van der Waals surface area contributed by atoms with Gasteiger partial charge in [-0.25, -0.2) is 0 Å². The van der Waals surface area contributed by atoms with Crippen molar-refractivity contribution < 1.29 is 14.3 Å². The number of carbonyl (C=O) groups is 2. The molecule has 1 aliphatic heterocycles. The lowest BCUT2D eigenvalue weighted by molar-refractivity contribution is -0.140. The number of carbonyl (C=O) groups excluding carboxylic acids is 2. The second kappa shape index (κ2) is 8.15. The highest BCUT2D eigenvalue weighted by Crippen LogP contribution is 2.60. The number of anilines is 1. The van der Waals surface area contributed by atoms with Gasteiger partial charge in [0, 0.05) is 13.2 Å².